The zero-order valence-electron chi connectivity index (χ0n) is 12.8. The third-order valence-electron chi connectivity index (χ3n) is 3.07. The maximum absolute atomic E-state index is 11.9. The molecule has 1 amide bonds. The number of hydrogen-bond acceptors (Lipinski definition) is 4. The minimum absolute atomic E-state index is 0.0545. The molecule has 1 aromatic heterocycles. The zero-order valence-corrected chi connectivity index (χ0v) is 14.3. The normalized spacial score (nSPS) is 11.2. The molecule has 0 atom stereocenters. The van der Waals surface area contributed by atoms with Crippen molar-refractivity contribution in [3.05, 3.63) is 51.7 Å². The summed E-state index contributed by atoms with van der Waals surface area (Å²) in [6.07, 6.45) is 1.38. The predicted molar refractivity (Wildman–Crippen MR) is 92.6 cm³/mol. The summed E-state index contributed by atoms with van der Waals surface area (Å²) in [6, 6.07) is 10.4. The molecular formula is C17H14Cl2N2O3. The predicted octanol–water partition coefficient (Wildman–Crippen LogP) is 3.92. The monoisotopic (exact) mass is 364 g/mol. The second-order valence-electron chi connectivity index (χ2n) is 4.75. The number of carbonyl (C=O) groups is 1. The van der Waals surface area contributed by atoms with Crippen LogP contribution < -0.4 is 5.32 Å². The van der Waals surface area contributed by atoms with Crippen LogP contribution in [0.15, 0.2) is 40.3 Å². The molecule has 0 radical (unpaired) electrons. The lowest BCUT2D eigenvalue weighted by molar-refractivity contribution is -0.117. The van der Waals surface area contributed by atoms with Gasteiger partial charge in [0.25, 0.3) is 5.91 Å². The molecule has 0 aliphatic carbocycles. The van der Waals surface area contributed by atoms with Gasteiger partial charge in [0.1, 0.15) is 23.2 Å². The number of furan rings is 1. The van der Waals surface area contributed by atoms with Crippen LogP contribution in [0.5, 0.6) is 0 Å². The molecule has 0 bridgehead atoms. The fourth-order valence-corrected chi connectivity index (χ4v) is 2.19. The molecule has 7 heteroatoms. The number of benzene rings is 1. The van der Waals surface area contributed by atoms with Gasteiger partial charge in [-0.15, -0.1) is 0 Å². The van der Waals surface area contributed by atoms with Crippen LogP contribution in [0.2, 0.25) is 10.0 Å². The van der Waals surface area contributed by atoms with Crippen molar-refractivity contribution in [1.82, 2.24) is 5.32 Å². The third-order valence-corrected chi connectivity index (χ3v) is 3.81. The minimum atomic E-state index is -0.484. The van der Waals surface area contributed by atoms with Gasteiger partial charge < -0.3 is 14.5 Å². The maximum Gasteiger partial charge on any atom is 0.262 e. The quantitative estimate of drug-likeness (QED) is 0.478. The Balaban J connectivity index is 2.18. The molecule has 0 saturated heterocycles. The molecular weight excluding hydrogens is 351 g/mol. The summed E-state index contributed by atoms with van der Waals surface area (Å²) < 4.78 is 10.5. The standard InChI is InChI=1S/C17H14Cl2N2O3/c1-23-7-6-21-17(22)12(10-20)8-13-3-5-16(24-13)11-2-4-14(18)15(19)9-11/h2-5,8-9H,6-7H2,1H3,(H,21,22)/b12-8+. The van der Waals surface area contributed by atoms with E-state index < -0.39 is 5.91 Å². The highest BCUT2D eigenvalue weighted by atomic mass is 35.5. The van der Waals surface area contributed by atoms with Gasteiger partial charge in [0.15, 0.2) is 0 Å². The minimum Gasteiger partial charge on any atom is -0.457 e. The Morgan fingerprint density at radius 2 is 2.12 bits per heavy atom. The Kier molecular flexibility index (Phi) is 6.44. The van der Waals surface area contributed by atoms with Crippen molar-refractivity contribution in [2.45, 2.75) is 0 Å². The Morgan fingerprint density at radius 3 is 2.79 bits per heavy atom. The first-order valence-electron chi connectivity index (χ1n) is 6.99. The summed E-state index contributed by atoms with van der Waals surface area (Å²) in [5.41, 5.74) is 0.688. The van der Waals surface area contributed by atoms with Gasteiger partial charge in [-0.1, -0.05) is 23.2 Å². The first kappa shape index (κ1) is 18.1. The molecule has 0 fully saturated rings. The molecule has 0 aliphatic rings. The molecule has 0 unspecified atom stereocenters. The average Bonchev–Trinajstić information content (AvgIpc) is 3.04. The summed E-state index contributed by atoms with van der Waals surface area (Å²) in [6.45, 7) is 0.688. The summed E-state index contributed by atoms with van der Waals surface area (Å²) in [5.74, 6) is 0.452. The molecule has 0 saturated carbocycles. The van der Waals surface area contributed by atoms with Crippen LogP contribution in [0.4, 0.5) is 0 Å². The highest BCUT2D eigenvalue weighted by molar-refractivity contribution is 6.42. The highest BCUT2D eigenvalue weighted by Crippen LogP contribution is 2.30. The number of ether oxygens (including phenoxy) is 1. The van der Waals surface area contributed by atoms with Crippen LogP contribution in [0.3, 0.4) is 0 Å². The molecule has 1 heterocycles. The van der Waals surface area contributed by atoms with Crippen molar-refractivity contribution >= 4 is 35.2 Å². The number of rotatable bonds is 6. The van der Waals surface area contributed by atoms with Crippen LogP contribution in [0, 0.1) is 11.3 Å². The second-order valence-corrected chi connectivity index (χ2v) is 5.56. The Hall–Kier alpha value is -2.26. The molecule has 1 N–H and O–H groups in total. The first-order chi connectivity index (χ1) is 11.5. The molecule has 5 nitrogen and oxygen atoms in total. The van der Waals surface area contributed by atoms with Crippen molar-refractivity contribution < 1.29 is 13.9 Å². The van der Waals surface area contributed by atoms with Gasteiger partial charge in [-0.25, -0.2) is 0 Å². The SMILES string of the molecule is COCCNC(=O)/C(C#N)=C/c1ccc(-c2ccc(Cl)c(Cl)c2)o1. The van der Waals surface area contributed by atoms with E-state index in [-0.39, 0.29) is 5.57 Å². The fraction of sp³-hybridized carbons (Fsp3) is 0.176. The van der Waals surface area contributed by atoms with E-state index in [1.165, 1.54) is 13.2 Å². The number of nitrogens with one attached hydrogen (secondary N) is 1. The van der Waals surface area contributed by atoms with E-state index in [0.717, 1.165) is 5.56 Å². The van der Waals surface area contributed by atoms with Crippen molar-refractivity contribution in [3.8, 4) is 17.4 Å². The zero-order chi connectivity index (χ0) is 17.5. The third kappa shape index (κ3) is 4.62. The molecule has 0 aliphatic heterocycles. The number of methoxy groups -OCH3 is 1. The maximum atomic E-state index is 11.9. The van der Waals surface area contributed by atoms with Gasteiger partial charge in [0.05, 0.1) is 16.7 Å². The van der Waals surface area contributed by atoms with Crippen LogP contribution in [0.1, 0.15) is 5.76 Å². The van der Waals surface area contributed by atoms with Gasteiger partial charge in [-0.2, -0.15) is 5.26 Å². The summed E-state index contributed by atoms with van der Waals surface area (Å²) in [4.78, 5) is 11.9. The second kappa shape index (κ2) is 8.55. The smallest absolute Gasteiger partial charge is 0.262 e. The van der Waals surface area contributed by atoms with Crippen molar-refractivity contribution in [3.63, 3.8) is 0 Å². The van der Waals surface area contributed by atoms with Crippen LogP contribution >= 0.6 is 23.2 Å². The largest absolute Gasteiger partial charge is 0.457 e. The highest BCUT2D eigenvalue weighted by Gasteiger charge is 2.11. The Labute approximate surface area is 149 Å². The van der Waals surface area contributed by atoms with Crippen LogP contribution in [-0.4, -0.2) is 26.2 Å². The van der Waals surface area contributed by atoms with E-state index in [0.29, 0.717) is 34.7 Å². The van der Waals surface area contributed by atoms with E-state index in [2.05, 4.69) is 5.32 Å². The number of hydrogen-bond donors (Lipinski definition) is 1. The fourth-order valence-electron chi connectivity index (χ4n) is 1.89. The van der Waals surface area contributed by atoms with E-state index in [1.54, 1.807) is 30.3 Å². The summed E-state index contributed by atoms with van der Waals surface area (Å²) in [5, 5.41) is 12.6. The molecule has 2 aromatic rings. The van der Waals surface area contributed by atoms with Gasteiger partial charge in [-0.3, -0.25) is 4.79 Å². The van der Waals surface area contributed by atoms with Gasteiger partial charge in [0, 0.05) is 25.3 Å². The first-order valence-corrected chi connectivity index (χ1v) is 7.75. The van der Waals surface area contributed by atoms with Crippen molar-refractivity contribution in [2.75, 3.05) is 20.3 Å². The Bertz CT molecular complexity index is 806. The summed E-state index contributed by atoms with van der Waals surface area (Å²) >= 11 is 11.9. The lowest BCUT2D eigenvalue weighted by Crippen LogP contribution is -2.27. The van der Waals surface area contributed by atoms with Crippen LogP contribution in [-0.2, 0) is 9.53 Å². The van der Waals surface area contributed by atoms with Crippen LogP contribution in [0.25, 0.3) is 17.4 Å². The van der Waals surface area contributed by atoms with E-state index in [4.69, 9.17) is 37.6 Å². The topological polar surface area (TPSA) is 75.3 Å². The average molecular weight is 365 g/mol. The number of halogens is 2. The van der Waals surface area contributed by atoms with Gasteiger partial charge in [-0.05, 0) is 30.3 Å². The molecule has 124 valence electrons. The number of amides is 1. The van der Waals surface area contributed by atoms with E-state index in [1.807, 2.05) is 6.07 Å². The molecule has 1 aromatic carbocycles. The van der Waals surface area contributed by atoms with Gasteiger partial charge in [0.2, 0.25) is 0 Å². The molecule has 2 rings (SSSR count). The molecule has 24 heavy (non-hydrogen) atoms. The van der Waals surface area contributed by atoms with Crippen molar-refractivity contribution in [1.29, 1.82) is 5.26 Å². The number of carbonyl (C=O) groups excluding carboxylic acids is 1. The summed E-state index contributed by atoms with van der Waals surface area (Å²) in [7, 11) is 1.53. The van der Waals surface area contributed by atoms with Gasteiger partial charge >= 0.3 is 0 Å². The lowest BCUT2D eigenvalue weighted by atomic mass is 10.2. The lowest BCUT2D eigenvalue weighted by Gasteiger charge is -2.02. The van der Waals surface area contributed by atoms with E-state index >= 15 is 0 Å². The Morgan fingerprint density at radius 1 is 1.33 bits per heavy atom. The van der Waals surface area contributed by atoms with Crippen molar-refractivity contribution in [2.24, 2.45) is 0 Å². The number of nitrogens with zero attached hydrogens (tertiary/aromatic N) is 1. The molecule has 0 spiro atoms. The van der Waals surface area contributed by atoms with E-state index in [9.17, 15) is 4.79 Å². The number of nitriles is 1.